The Kier molecular flexibility index (Phi) is 9.00. The molecule has 0 aromatic heterocycles. The number of carbonyl (C=O) groups excluding carboxylic acids is 1. The number of nitrogens with one attached hydrogen (secondary N) is 2. The van der Waals surface area contributed by atoms with Crippen LogP contribution in [0.1, 0.15) is 25.0 Å². The summed E-state index contributed by atoms with van der Waals surface area (Å²) in [5.41, 5.74) is 3.03. The lowest BCUT2D eigenvalue weighted by atomic mass is 10.1. The van der Waals surface area contributed by atoms with E-state index in [0.29, 0.717) is 13.1 Å². The Morgan fingerprint density at radius 1 is 1.10 bits per heavy atom. The fraction of sp³-hybridized carbons (Fsp3) is 0.391. The largest absolute Gasteiger partial charge is 0.497 e. The van der Waals surface area contributed by atoms with Crippen molar-refractivity contribution >= 4 is 17.6 Å². The predicted octanol–water partition coefficient (Wildman–Crippen LogP) is 3.30. The average Bonchev–Trinajstić information content (AvgIpc) is 2.74. The van der Waals surface area contributed by atoms with Crippen LogP contribution in [-0.2, 0) is 17.8 Å². The molecular formula is C23H32N4O3. The number of guanidine groups is 1. The van der Waals surface area contributed by atoms with Crippen molar-refractivity contribution in [1.82, 2.24) is 10.2 Å². The van der Waals surface area contributed by atoms with Gasteiger partial charge in [0.15, 0.2) is 5.96 Å². The molecule has 0 heterocycles. The molecule has 0 atom stereocenters. The Morgan fingerprint density at radius 3 is 2.43 bits per heavy atom. The van der Waals surface area contributed by atoms with Crippen molar-refractivity contribution in [3.05, 3.63) is 53.6 Å². The van der Waals surface area contributed by atoms with E-state index in [-0.39, 0.29) is 5.91 Å². The zero-order chi connectivity index (χ0) is 21.9. The number of ether oxygens (including phenoxy) is 2. The van der Waals surface area contributed by atoms with Crippen molar-refractivity contribution < 1.29 is 14.3 Å². The minimum absolute atomic E-state index is 0.0702. The molecule has 2 aromatic rings. The SMILES string of the molecule is CCNC(=NCCc1ccc(NC(C)=O)cc1)N(C)Cc1ccc(OC)cc1OC. The van der Waals surface area contributed by atoms with Gasteiger partial charge in [-0.25, -0.2) is 0 Å². The summed E-state index contributed by atoms with van der Waals surface area (Å²) in [5, 5.41) is 6.12. The molecular weight excluding hydrogens is 380 g/mol. The number of amides is 1. The summed E-state index contributed by atoms with van der Waals surface area (Å²) >= 11 is 0. The van der Waals surface area contributed by atoms with Crippen molar-refractivity contribution in [3.63, 3.8) is 0 Å². The Balaban J connectivity index is 2.01. The highest BCUT2D eigenvalue weighted by Gasteiger charge is 2.11. The summed E-state index contributed by atoms with van der Waals surface area (Å²) in [6.07, 6.45) is 0.814. The fourth-order valence-corrected chi connectivity index (χ4v) is 3.03. The van der Waals surface area contributed by atoms with Gasteiger partial charge in [-0.2, -0.15) is 0 Å². The van der Waals surface area contributed by atoms with Gasteiger partial charge >= 0.3 is 0 Å². The number of benzene rings is 2. The van der Waals surface area contributed by atoms with Gasteiger partial charge in [0.1, 0.15) is 11.5 Å². The molecule has 30 heavy (non-hydrogen) atoms. The topological polar surface area (TPSA) is 75.2 Å². The number of nitrogens with zero attached hydrogens (tertiary/aromatic N) is 2. The molecule has 0 aliphatic heterocycles. The molecule has 0 saturated carbocycles. The number of hydrogen-bond donors (Lipinski definition) is 2. The monoisotopic (exact) mass is 412 g/mol. The van der Waals surface area contributed by atoms with Crippen molar-refractivity contribution in [3.8, 4) is 11.5 Å². The zero-order valence-electron chi connectivity index (χ0n) is 18.5. The second-order valence-electron chi connectivity index (χ2n) is 6.90. The van der Waals surface area contributed by atoms with Gasteiger partial charge in [-0.05, 0) is 43.2 Å². The van der Waals surface area contributed by atoms with Gasteiger partial charge in [0.05, 0.1) is 14.2 Å². The molecule has 2 aromatic carbocycles. The molecule has 162 valence electrons. The third-order valence-corrected chi connectivity index (χ3v) is 4.53. The Morgan fingerprint density at radius 2 is 1.83 bits per heavy atom. The van der Waals surface area contributed by atoms with Crippen LogP contribution in [0.3, 0.4) is 0 Å². The number of aliphatic imine (C=N–C) groups is 1. The van der Waals surface area contributed by atoms with E-state index in [1.54, 1.807) is 14.2 Å². The summed E-state index contributed by atoms with van der Waals surface area (Å²) in [7, 11) is 5.31. The summed E-state index contributed by atoms with van der Waals surface area (Å²) in [4.78, 5) is 18.0. The lowest BCUT2D eigenvalue weighted by Crippen LogP contribution is -2.38. The number of rotatable bonds is 9. The lowest BCUT2D eigenvalue weighted by molar-refractivity contribution is -0.114. The standard InChI is InChI=1S/C23H32N4O3/c1-6-24-23(25-14-13-18-7-10-20(11-8-18)26-17(2)28)27(3)16-19-9-12-21(29-4)15-22(19)30-5/h7-12,15H,6,13-14,16H2,1-5H3,(H,24,25)(H,26,28). The fourth-order valence-electron chi connectivity index (χ4n) is 3.03. The Hall–Kier alpha value is -3.22. The highest BCUT2D eigenvalue weighted by Crippen LogP contribution is 2.25. The van der Waals surface area contributed by atoms with Gasteiger partial charge < -0.3 is 25.0 Å². The zero-order valence-corrected chi connectivity index (χ0v) is 18.5. The van der Waals surface area contributed by atoms with E-state index in [9.17, 15) is 4.79 Å². The third kappa shape index (κ3) is 6.99. The smallest absolute Gasteiger partial charge is 0.221 e. The van der Waals surface area contributed by atoms with Crippen molar-refractivity contribution in [2.45, 2.75) is 26.8 Å². The lowest BCUT2D eigenvalue weighted by Gasteiger charge is -2.23. The molecule has 2 N–H and O–H groups in total. The molecule has 7 heteroatoms. The second kappa shape index (κ2) is 11.7. The van der Waals surface area contributed by atoms with Crippen LogP contribution in [0, 0.1) is 0 Å². The molecule has 0 aliphatic carbocycles. The van der Waals surface area contributed by atoms with Crippen LogP contribution in [0.2, 0.25) is 0 Å². The molecule has 0 fully saturated rings. The summed E-state index contributed by atoms with van der Waals surface area (Å²) in [6.45, 7) is 5.66. The summed E-state index contributed by atoms with van der Waals surface area (Å²) in [5.74, 6) is 2.32. The first-order valence-electron chi connectivity index (χ1n) is 10.0. The molecule has 0 bridgehead atoms. The molecule has 1 amide bonds. The number of methoxy groups -OCH3 is 2. The number of hydrogen-bond acceptors (Lipinski definition) is 4. The van der Waals surface area contributed by atoms with Crippen LogP contribution in [0.25, 0.3) is 0 Å². The number of anilines is 1. The van der Waals surface area contributed by atoms with Crippen molar-refractivity contribution in [2.24, 2.45) is 4.99 Å². The van der Waals surface area contributed by atoms with Crippen molar-refractivity contribution in [2.75, 3.05) is 39.7 Å². The maximum absolute atomic E-state index is 11.1. The van der Waals surface area contributed by atoms with Crippen LogP contribution in [0.4, 0.5) is 5.69 Å². The summed E-state index contributed by atoms with van der Waals surface area (Å²) in [6, 6.07) is 13.7. The second-order valence-corrected chi connectivity index (χ2v) is 6.90. The first-order valence-corrected chi connectivity index (χ1v) is 10.0. The molecule has 0 aliphatic rings. The van der Waals surface area contributed by atoms with E-state index in [1.807, 2.05) is 49.5 Å². The van der Waals surface area contributed by atoms with Crippen LogP contribution >= 0.6 is 0 Å². The Bertz CT molecular complexity index is 850. The van der Waals surface area contributed by atoms with Crippen LogP contribution in [0.5, 0.6) is 11.5 Å². The maximum Gasteiger partial charge on any atom is 0.221 e. The molecule has 0 unspecified atom stereocenters. The average molecular weight is 413 g/mol. The number of carbonyl (C=O) groups is 1. The van der Waals surface area contributed by atoms with Gasteiger partial charge in [0, 0.05) is 50.9 Å². The van der Waals surface area contributed by atoms with Crippen LogP contribution in [-0.4, -0.2) is 51.1 Å². The van der Waals surface area contributed by atoms with Gasteiger partial charge in [0.2, 0.25) is 5.91 Å². The molecule has 0 spiro atoms. The van der Waals surface area contributed by atoms with E-state index in [1.165, 1.54) is 12.5 Å². The third-order valence-electron chi connectivity index (χ3n) is 4.53. The van der Waals surface area contributed by atoms with E-state index < -0.39 is 0 Å². The predicted molar refractivity (Wildman–Crippen MR) is 121 cm³/mol. The molecule has 7 nitrogen and oxygen atoms in total. The van der Waals surface area contributed by atoms with Crippen molar-refractivity contribution in [1.29, 1.82) is 0 Å². The van der Waals surface area contributed by atoms with Gasteiger partial charge in [-0.15, -0.1) is 0 Å². The molecule has 2 rings (SSSR count). The minimum atomic E-state index is -0.0702. The minimum Gasteiger partial charge on any atom is -0.497 e. The van der Waals surface area contributed by atoms with Crippen LogP contribution < -0.4 is 20.1 Å². The van der Waals surface area contributed by atoms with Crippen LogP contribution in [0.15, 0.2) is 47.5 Å². The maximum atomic E-state index is 11.1. The first-order chi connectivity index (χ1) is 14.5. The normalized spacial score (nSPS) is 11.0. The Labute approximate surface area is 179 Å². The van der Waals surface area contributed by atoms with E-state index >= 15 is 0 Å². The summed E-state index contributed by atoms with van der Waals surface area (Å²) < 4.78 is 10.8. The quantitative estimate of drug-likeness (QED) is 0.488. The van der Waals surface area contributed by atoms with Gasteiger partial charge in [-0.3, -0.25) is 9.79 Å². The molecule has 0 radical (unpaired) electrons. The molecule has 0 saturated heterocycles. The van der Waals surface area contributed by atoms with E-state index in [0.717, 1.165) is 41.7 Å². The van der Waals surface area contributed by atoms with Gasteiger partial charge in [0.25, 0.3) is 0 Å². The first kappa shape index (κ1) is 23.1. The highest BCUT2D eigenvalue weighted by atomic mass is 16.5. The van der Waals surface area contributed by atoms with E-state index in [2.05, 4.69) is 22.5 Å². The highest BCUT2D eigenvalue weighted by molar-refractivity contribution is 5.88. The van der Waals surface area contributed by atoms with E-state index in [4.69, 9.17) is 14.5 Å². The van der Waals surface area contributed by atoms with Gasteiger partial charge in [-0.1, -0.05) is 12.1 Å².